The lowest BCUT2D eigenvalue weighted by Crippen LogP contribution is -2.49. The molecule has 2 saturated heterocycles. The molecular formula is C26H33F3N6O3. The molecule has 12 heteroatoms. The van der Waals surface area contributed by atoms with Crippen LogP contribution in [0.5, 0.6) is 5.88 Å². The number of nitrogens with one attached hydrogen (secondary N) is 3. The van der Waals surface area contributed by atoms with Gasteiger partial charge in [-0.15, -0.1) is 0 Å². The molecule has 4 heterocycles. The number of carbonyl (C=O) groups is 1. The molecule has 9 nitrogen and oxygen atoms in total. The van der Waals surface area contributed by atoms with Crippen LogP contribution in [-0.4, -0.2) is 77.5 Å². The number of aromatic nitrogens is 3. The van der Waals surface area contributed by atoms with Crippen LogP contribution in [0.25, 0.3) is 11.3 Å². The van der Waals surface area contributed by atoms with Gasteiger partial charge in [-0.3, -0.25) is 15.2 Å². The molecule has 1 aliphatic carbocycles. The van der Waals surface area contributed by atoms with Crippen LogP contribution >= 0.6 is 0 Å². The van der Waals surface area contributed by atoms with Crippen molar-refractivity contribution in [1.82, 2.24) is 30.7 Å². The molecule has 2 aliphatic heterocycles. The number of methoxy groups -OCH3 is 1. The number of pyridine rings is 1. The molecule has 3 fully saturated rings. The lowest BCUT2D eigenvalue weighted by atomic mass is 9.87. The first-order valence-corrected chi connectivity index (χ1v) is 12.9. The molecule has 0 bridgehead atoms. The molecule has 1 spiro atoms. The first-order chi connectivity index (χ1) is 18.2. The second-order valence-corrected chi connectivity index (χ2v) is 10.4. The molecule has 206 valence electrons. The van der Waals surface area contributed by atoms with E-state index in [1.165, 1.54) is 13.2 Å². The molecule has 5 rings (SSSR count). The van der Waals surface area contributed by atoms with Gasteiger partial charge in [-0.1, -0.05) is 6.58 Å². The standard InChI is InChI=1S/C26H33F3N6O3/c1-16(38-15-31-12-18-3-7-30-14-26(18,28)29)17-4-8-35(25(11-17)5-6-25)24(36)22-10-21(33-34-22)19-9-23(37-2)32-13-20(19)27/h9-10,13,17-18,30-31H,1,3-8,11-12,14-15H2,2H3,(H,33,34)/t17-,18-/m0/s1. The quantitative estimate of drug-likeness (QED) is 0.258. The maximum Gasteiger partial charge on any atom is 0.272 e. The number of hydrogen-bond donors (Lipinski definition) is 3. The van der Waals surface area contributed by atoms with Crippen LogP contribution in [0.1, 0.15) is 42.6 Å². The number of H-pyrrole nitrogens is 1. The summed E-state index contributed by atoms with van der Waals surface area (Å²) in [7, 11) is 1.44. The minimum Gasteiger partial charge on any atom is -0.483 e. The average Bonchev–Trinajstić information content (AvgIpc) is 3.48. The maximum absolute atomic E-state index is 14.3. The first-order valence-electron chi connectivity index (χ1n) is 12.9. The van der Waals surface area contributed by atoms with Crippen molar-refractivity contribution >= 4 is 5.91 Å². The van der Waals surface area contributed by atoms with Gasteiger partial charge in [0.25, 0.3) is 11.8 Å². The van der Waals surface area contributed by atoms with Crippen LogP contribution in [0.4, 0.5) is 13.2 Å². The summed E-state index contributed by atoms with van der Waals surface area (Å²) in [5, 5.41) is 12.6. The highest BCUT2D eigenvalue weighted by atomic mass is 19.3. The Labute approximate surface area is 219 Å². The monoisotopic (exact) mass is 534 g/mol. The highest BCUT2D eigenvalue weighted by Crippen LogP contribution is 2.51. The zero-order valence-electron chi connectivity index (χ0n) is 21.4. The van der Waals surface area contributed by atoms with Crippen LogP contribution in [0.15, 0.2) is 30.7 Å². The highest BCUT2D eigenvalue weighted by molar-refractivity contribution is 5.94. The number of aromatic amines is 1. The smallest absolute Gasteiger partial charge is 0.272 e. The lowest BCUT2D eigenvalue weighted by molar-refractivity contribution is -0.0737. The van der Waals surface area contributed by atoms with E-state index in [0.717, 1.165) is 25.5 Å². The van der Waals surface area contributed by atoms with Gasteiger partial charge in [0.2, 0.25) is 5.88 Å². The number of carbonyl (C=O) groups excluding carboxylic acids is 1. The van der Waals surface area contributed by atoms with Crippen LogP contribution < -0.4 is 15.4 Å². The van der Waals surface area contributed by atoms with Gasteiger partial charge in [0, 0.05) is 42.1 Å². The van der Waals surface area contributed by atoms with E-state index >= 15 is 0 Å². The number of piperidine rings is 2. The number of likely N-dealkylation sites (tertiary alicyclic amines) is 1. The van der Waals surface area contributed by atoms with Crippen molar-refractivity contribution in [2.75, 3.05) is 40.0 Å². The summed E-state index contributed by atoms with van der Waals surface area (Å²) in [6.45, 7) is 5.20. The minimum atomic E-state index is -2.73. The third-order valence-corrected chi connectivity index (χ3v) is 7.93. The van der Waals surface area contributed by atoms with E-state index < -0.39 is 17.7 Å². The van der Waals surface area contributed by atoms with Crippen molar-refractivity contribution in [1.29, 1.82) is 0 Å². The molecule has 3 N–H and O–H groups in total. The van der Waals surface area contributed by atoms with Gasteiger partial charge in [0.05, 0.1) is 31.3 Å². The first kappa shape index (κ1) is 26.5. The summed E-state index contributed by atoms with van der Waals surface area (Å²) in [5.74, 6) is -3.26. The number of allylic oxidation sites excluding steroid dienone is 1. The zero-order valence-corrected chi connectivity index (χ0v) is 21.4. The summed E-state index contributed by atoms with van der Waals surface area (Å²) in [6.07, 6.45) is 4.63. The lowest BCUT2D eigenvalue weighted by Gasteiger charge is -2.40. The van der Waals surface area contributed by atoms with E-state index in [-0.39, 0.29) is 54.3 Å². The molecule has 2 atom stereocenters. The molecule has 2 aromatic rings. The SMILES string of the molecule is C=C(OCNC[C@@H]1CCNCC1(F)F)[C@H]1CCN(C(=O)c2cc(-c3cc(OC)ncc3F)n[nH]2)C2(CC2)C1. The molecule has 0 aromatic carbocycles. The molecule has 2 aromatic heterocycles. The third-order valence-electron chi connectivity index (χ3n) is 7.93. The highest BCUT2D eigenvalue weighted by Gasteiger charge is 2.54. The Morgan fingerprint density at radius 2 is 2.13 bits per heavy atom. The maximum atomic E-state index is 14.3. The number of nitrogens with zero attached hydrogens (tertiary/aromatic N) is 3. The molecule has 0 radical (unpaired) electrons. The number of rotatable bonds is 9. The van der Waals surface area contributed by atoms with Crippen LogP contribution in [0.3, 0.4) is 0 Å². The van der Waals surface area contributed by atoms with Gasteiger partial charge in [-0.05, 0) is 44.7 Å². The van der Waals surface area contributed by atoms with Gasteiger partial charge < -0.3 is 19.7 Å². The Balaban J connectivity index is 1.15. The largest absolute Gasteiger partial charge is 0.483 e. The average molecular weight is 535 g/mol. The third kappa shape index (κ3) is 5.37. The second-order valence-electron chi connectivity index (χ2n) is 10.4. The van der Waals surface area contributed by atoms with Crippen molar-refractivity contribution < 1.29 is 27.4 Å². The number of halogens is 3. The molecule has 0 unspecified atom stereocenters. The normalized spacial score (nSPS) is 23.7. The van der Waals surface area contributed by atoms with Gasteiger partial charge in [-0.2, -0.15) is 5.10 Å². The topological polar surface area (TPSA) is 104 Å². The van der Waals surface area contributed by atoms with E-state index in [1.54, 1.807) is 6.07 Å². The van der Waals surface area contributed by atoms with Crippen LogP contribution in [0, 0.1) is 17.7 Å². The van der Waals surface area contributed by atoms with Crippen molar-refractivity contribution in [2.24, 2.45) is 11.8 Å². The summed E-state index contributed by atoms with van der Waals surface area (Å²) in [4.78, 5) is 19.1. The number of ether oxygens (including phenoxy) is 2. The summed E-state index contributed by atoms with van der Waals surface area (Å²) in [6, 6.07) is 2.98. The predicted octanol–water partition coefficient (Wildman–Crippen LogP) is 3.33. The van der Waals surface area contributed by atoms with Crippen molar-refractivity contribution in [3.05, 3.63) is 42.2 Å². The molecule has 1 amide bonds. The van der Waals surface area contributed by atoms with Crippen molar-refractivity contribution in [2.45, 2.75) is 43.6 Å². The Kier molecular flexibility index (Phi) is 7.36. The van der Waals surface area contributed by atoms with Gasteiger partial charge >= 0.3 is 0 Å². The number of hydrogen-bond acceptors (Lipinski definition) is 7. The fourth-order valence-electron chi connectivity index (χ4n) is 5.48. The van der Waals surface area contributed by atoms with E-state index in [0.29, 0.717) is 37.4 Å². The van der Waals surface area contributed by atoms with E-state index in [1.807, 2.05) is 4.90 Å². The fraction of sp³-hybridized carbons (Fsp3) is 0.577. The van der Waals surface area contributed by atoms with Gasteiger partial charge in [0.15, 0.2) is 5.82 Å². The van der Waals surface area contributed by atoms with Crippen molar-refractivity contribution in [3.63, 3.8) is 0 Å². The van der Waals surface area contributed by atoms with Crippen molar-refractivity contribution in [3.8, 4) is 17.1 Å². The summed E-state index contributed by atoms with van der Waals surface area (Å²) in [5.41, 5.74) is 0.502. The summed E-state index contributed by atoms with van der Waals surface area (Å²) < 4.78 is 53.1. The molecular weight excluding hydrogens is 501 g/mol. The van der Waals surface area contributed by atoms with Gasteiger partial charge in [0.1, 0.15) is 12.4 Å². The van der Waals surface area contributed by atoms with E-state index in [9.17, 15) is 18.0 Å². The minimum absolute atomic E-state index is 0.0689. The number of amides is 1. The van der Waals surface area contributed by atoms with E-state index in [4.69, 9.17) is 9.47 Å². The Morgan fingerprint density at radius 1 is 1.32 bits per heavy atom. The molecule has 3 aliphatic rings. The van der Waals surface area contributed by atoms with Gasteiger partial charge in [-0.25, -0.2) is 18.2 Å². The molecule has 38 heavy (non-hydrogen) atoms. The molecule has 1 saturated carbocycles. The van der Waals surface area contributed by atoms with Crippen LogP contribution in [0.2, 0.25) is 0 Å². The number of alkyl halides is 2. The Bertz CT molecular complexity index is 1180. The van der Waals surface area contributed by atoms with Crippen LogP contribution in [-0.2, 0) is 4.74 Å². The summed E-state index contributed by atoms with van der Waals surface area (Å²) >= 11 is 0. The van der Waals surface area contributed by atoms with E-state index in [2.05, 4.69) is 32.4 Å². The predicted molar refractivity (Wildman–Crippen MR) is 133 cm³/mol. The second kappa shape index (κ2) is 10.6. The Morgan fingerprint density at radius 3 is 2.87 bits per heavy atom. The Hall–Kier alpha value is -3.12. The zero-order chi connectivity index (χ0) is 26.9. The fourth-order valence-corrected chi connectivity index (χ4v) is 5.48.